The van der Waals surface area contributed by atoms with Crippen molar-refractivity contribution in [3.63, 3.8) is 0 Å². The van der Waals surface area contributed by atoms with E-state index in [2.05, 4.69) is 33.0 Å². The van der Waals surface area contributed by atoms with Gasteiger partial charge in [-0.05, 0) is 40.5 Å². The number of carbonyl (C=O) groups is 2. The van der Waals surface area contributed by atoms with Gasteiger partial charge in [-0.15, -0.1) is 0 Å². The zero-order valence-corrected chi connectivity index (χ0v) is 13.0. The average Bonchev–Trinajstić information content (AvgIpc) is 2.19. The Kier molecular flexibility index (Phi) is 5.57. The van der Waals surface area contributed by atoms with Gasteiger partial charge in [-0.2, -0.15) is 0 Å². The van der Waals surface area contributed by atoms with Gasteiger partial charge >= 0.3 is 11.9 Å². The predicted molar refractivity (Wildman–Crippen MR) is 76.5 cm³/mol. The topological polar surface area (TPSA) is 75.6 Å². The minimum atomic E-state index is -0.819. The minimum Gasteiger partial charge on any atom is -0.481 e. The molecule has 2 N–H and O–H groups in total. The smallest absolute Gasteiger partial charge is 0.306 e. The van der Waals surface area contributed by atoms with Crippen molar-refractivity contribution in [3.05, 3.63) is 0 Å². The molecule has 1 rings (SSSR count). The maximum atomic E-state index is 11.8. The average molecular weight is 285 g/mol. The van der Waals surface area contributed by atoms with E-state index in [1.165, 1.54) is 0 Å². The second-order valence-electron chi connectivity index (χ2n) is 7.01. The molecule has 0 aromatic rings. The van der Waals surface area contributed by atoms with Crippen molar-refractivity contribution < 1.29 is 19.4 Å². The number of hydrogen-bond acceptors (Lipinski definition) is 4. The first kappa shape index (κ1) is 17.0. The summed E-state index contributed by atoms with van der Waals surface area (Å²) in [5, 5.41) is 12.1. The fourth-order valence-corrected chi connectivity index (χ4v) is 3.10. The Morgan fingerprint density at radius 3 is 2.10 bits per heavy atom. The predicted octanol–water partition coefficient (Wildman–Crippen LogP) is 2.48. The fraction of sp³-hybridized carbons (Fsp3) is 0.867. The lowest BCUT2D eigenvalue weighted by Gasteiger charge is -2.45. The second-order valence-corrected chi connectivity index (χ2v) is 7.01. The number of aliphatic carboxylic acids is 1. The van der Waals surface area contributed by atoms with Crippen molar-refractivity contribution in [2.45, 2.75) is 83.4 Å². The quantitative estimate of drug-likeness (QED) is 0.579. The van der Waals surface area contributed by atoms with Crippen LogP contribution in [-0.2, 0) is 14.3 Å². The molecule has 0 amide bonds. The zero-order chi connectivity index (χ0) is 15.4. The minimum absolute atomic E-state index is 0.0456. The monoisotopic (exact) mass is 285 g/mol. The first-order valence-electron chi connectivity index (χ1n) is 7.30. The van der Waals surface area contributed by atoms with Crippen LogP contribution in [0.5, 0.6) is 0 Å². The third kappa shape index (κ3) is 6.37. The van der Waals surface area contributed by atoms with Crippen molar-refractivity contribution in [2.24, 2.45) is 0 Å². The molecule has 116 valence electrons. The van der Waals surface area contributed by atoms with E-state index in [0.29, 0.717) is 19.3 Å². The van der Waals surface area contributed by atoms with Gasteiger partial charge in [0.15, 0.2) is 0 Å². The van der Waals surface area contributed by atoms with Crippen molar-refractivity contribution in [1.29, 1.82) is 0 Å². The lowest BCUT2D eigenvalue weighted by atomic mass is 9.81. The van der Waals surface area contributed by atoms with Gasteiger partial charge in [-0.3, -0.25) is 9.59 Å². The number of hydrogen-bond donors (Lipinski definition) is 2. The maximum Gasteiger partial charge on any atom is 0.306 e. The molecule has 5 heteroatoms. The van der Waals surface area contributed by atoms with Crippen LogP contribution in [0.4, 0.5) is 0 Å². The molecule has 0 atom stereocenters. The van der Waals surface area contributed by atoms with Crippen molar-refractivity contribution >= 4 is 11.9 Å². The molecule has 0 aliphatic carbocycles. The molecule has 1 aliphatic heterocycles. The third-order valence-corrected chi connectivity index (χ3v) is 3.47. The Labute approximate surface area is 121 Å². The summed E-state index contributed by atoms with van der Waals surface area (Å²) < 4.78 is 5.54. The zero-order valence-electron chi connectivity index (χ0n) is 13.0. The van der Waals surface area contributed by atoms with Gasteiger partial charge in [-0.25, -0.2) is 0 Å². The molecule has 0 bridgehead atoms. The summed E-state index contributed by atoms with van der Waals surface area (Å²) in [5.74, 6) is -1.03. The van der Waals surface area contributed by atoms with Gasteiger partial charge in [0.1, 0.15) is 6.10 Å². The highest BCUT2D eigenvalue weighted by molar-refractivity contribution is 5.70. The van der Waals surface area contributed by atoms with Gasteiger partial charge in [0.25, 0.3) is 0 Å². The molecule has 20 heavy (non-hydrogen) atoms. The van der Waals surface area contributed by atoms with Crippen LogP contribution in [0.2, 0.25) is 0 Å². The summed E-state index contributed by atoms with van der Waals surface area (Å²) in [4.78, 5) is 22.2. The highest BCUT2D eigenvalue weighted by atomic mass is 16.5. The van der Waals surface area contributed by atoms with Gasteiger partial charge < -0.3 is 15.2 Å². The number of carboxylic acid groups (broad SMARTS) is 1. The highest BCUT2D eigenvalue weighted by Gasteiger charge is 2.39. The summed E-state index contributed by atoms with van der Waals surface area (Å²) in [6.07, 6.45) is 3.05. The van der Waals surface area contributed by atoms with Crippen molar-refractivity contribution in [1.82, 2.24) is 5.32 Å². The Bertz CT molecular complexity index is 347. The first-order valence-corrected chi connectivity index (χ1v) is 7.30. The molecule has 0 unspecified atom stereocenters. The Hall–Kier alpha value is -1.10. The number of esters is 1. The van der Waals surface area contributed by atoms with Crippen LogP contribution >= 0.6 is 0 Å². The number of piperidine rings is 1. The highest BCUT2D eigenvalue weighted by Crippen LogP contribution is 2.30. The molecule has 1 fully saturated rings. The summed E-state index contributed by atoms with van der Waals surface area (Å²) in [6.45, 7) is 8.45. The van der Waals surface area contributed by atoms with Crippen LogP contribution < -0.4 is 5.32 Å². The van der Waals surface area contributed by atoms with E-state index in [4.69, 9.17) is 9.84 Å². The summed E-state index contributed by atoms with van der Waals surface area (Å²) in [6, 6.07) is 0. The Morgan fingerprint density at radius 1 is 1.10 bits per heavy atom. The number of carbonyl (C=O) groups excluding carboxylic acids is 1. The number of carboxylic acids is 1. The van der Waals surface area contributed by atoms with Gasteiger partial charge in [-0.1, -0.05) is 0 Å². The van der Waals surface area contributed by atoms with Crippen molar-refractivity contribution in [2.75, 3.05) is 0 Å². The van der Waals surface area contributed by atoms with Crippen LogP contribution in [0.1, 0.15) is 66.2 Å². The number of nitrogens with one attached hydrogen (secondary N) is 1. The molecule has 1 saturated heterocycles. The molecule has 0 aromatic carbocycles. The van der Waals surface area contributed by atoms with E-state index in [1.54, 1.807) is 0 Å². The normalized spacial score (nSPS) is 21.4. The standard InChI is InChI=1S/C15H27NO4/c1-14(2)9-11(10-15(3,4)16-14)20-13(19)8-6-5-7-12(17)18/h11,16H,5-10H2,1-4H3,(H,17,18). The van der Waals surface area contributed by atoms with Crippen LogP contribution in [0.25, 0.3) is 0 Å². The molecule has 0 aromatic heterocycles. The van der Waals surface area contributed by atoms with Crippen LogP contribution in [0, 0.1) is 0 Å². The van der Waals surface area contributed by atoms with Gasteiger partial charge in [0.2, 0.25) is 0 Å². The van der Waals surface area contributed by atoms with Crippen molar-refractivity contribution in [3.8, 4) is 0 Å². The van der Waals surface area contributed by atoms with Gasteiger partial charge in [0, 0.05) is 36.8 Å². The first-order chi connectivity index (χ1) is 9.10. The molecule has 0 saturated carbocycles. The maximum absolute atomic E-state index is 11.8. The molecule has 0 radical (unpaired) electrons. The second kappa shape index (κ2) is 6.57. The van der Waals surface area contributed by atoms with Crippen LogP contribution in [0.15, 0.2) is 0 Å². The lowest BCUT2D eigenvalue weighted by Crippen LogP contribution is -2.59. The Morgan fingerprint density at radius 2 is 1.60 bits per heavy atom. The summed E-state index contributed by atoms with van der Waals surface area (Å²) >= 11 is 0. The number of ether oxygens (including phenoxy) is 1. The molecular weight excluding hydrogens is 258 g/mol. The number of unbranched alkanes of at least 4 members (excludes halogenated alkanes) is 1. The van der Waals surface area contributed by atoms with E-state index in [9.17, 15) is 9.59 Å². The fourth-order valence-electron chi connectivity index (χ4n) is 3.10. The molecule has 1 heterocycles. The summed E-state index contributed by atoms with van der Waals surface area (Å²) in [5.41, 5.74) is -0.0913. The SMILES string of the molecule is CC1(C)CC(OC(=O)CCCCC(=O)O)CC(C)(C)N1. The number of rotatable bonds is 6. The molecule has 1 aliphatic rings. The van der Waals surface area contributed by atoms with E-state index in [-0.39, 0.29) is 29.6 Å². The molecular formula is C15H27NO4. The Balaban J connectivity index is 2.36. The third-order valence-electron chi connectivity index (χ3n) is 3.47. The van der Waals surface area contributed by atoms with E-state index >= 15 is 0 Å². The molecule has 0 spiro atoms. The van der Waals surface area contributed by atoms with Gasteiger partial charge in [0.05, 0.1) is 0 Å². The summed E-state index contributed by atoms with van der Waals surface area (Å²) in [7, 11) is 0. The van der Waals surface area contributed by atoms with E-state index in [1.807, 2.05) is 0 Å². The van der Waals surface area contributed by atoms with E-state index in [0.717, 1.165) is 12.8 Å². The van der Waals surface area contributed by atoms with Crippen LogP contribution in [0.3, 0.4) is 0 Å². The van der Waals surface area contributed by atoms with Crippen LogP contribution in [-0.4, -0.2) is 34.2 Å². The van der Waals surface area contributed by atoms with E-state index < -0.39 is 5.97 Å². The lowest BCUT2D eigenvalue weighted by molar-refractivity contribution is -0.153. The largest absolute Gasteiger partial charge is 0.481 e. The molecule has 5 nitrogen and oxygen atoms in total.